The molecule has 0 aliphatic rings. The van der Waals surface area contributed by atoms with Gasteiger partial charge in [-0.05, 0) is 96.4 Å². The molecule has 0 spiro atoms. The number of benzene rings is 3. The van der Waals surface area contributed by atoms with Crippen LogP contribution < -0.4 is 149 Å². The maximum atomic E-state index is 8.79. The quantitative estimate of drug-likeness (QED) is 0.0859. The van der Waals surface area contributed by atoms with Gasteiger partial charge in [0.25, 0.3) is 6.47 Å². The van der Waals surface area contributed by atoms with Crippen molar-refractivity contribution in [3.63, 3.8) is 0 Å². The second kappa shape index (κ2) is 25.9. The molecule has 0 aliphatic heterocycles. The number of halogens is 1. The van der Waals surface area contributed by atoms with E-state index in [-0.39, 0.29) is 151 Å². The molecule has 242 valence electrons. The Morgan fingerprint density at radius 2 is 1.22 bits per heavy atom. The Labute approximate surface area is 413 Å². The molecule has 7 aromatic rings. The molecule has 0 amide bonds. The Morgan fingerprint density at radius 1 is 0.714 bits per heavy atom. The first-order chi connectivity index (χ1) is 22.7. The van der Waals surface area contributed by atoms with Gasteiger partial charge in [-0.25, -0.2) is 4.98 Å². The van der Waals surface area contributed by atoms with Gasteiger partial charge in [0.1, 0.15) is 27.1 Å². The number of hydrogen-bond acceptors (Lipinski definition) is 9. The first-order valence-corrected chi connectivity index (χ1v) is 15.1. The molecular weight excluding hydrogens is 929 g/mol. The minimum Gasteiger partial charge on any atom is -1.00 e. The van der Waals surface area contributed by atoms with Gasteiger partial charge in [-0.2, -0.15) is 0 Å². The molecule has 9 nitrogen and oxygen atoms in total. The van der Waals surface area contributed by atoms with Crippen LogP contribution in [0.2, 0.25) is 0 Å². The van der Waals surface area contributed by atoms with Crippen molar-refractivity contribution in [2.45, 2.75) is 20.8 Å². The Morgan fingerprint density at radius 3 is 1.65 bits per heavy atom. The number of aryl methyl sites for hydroxylation is 3. The molecule has 0 unspecified atom stereocenters. The zero-order valence-electron chi connectivity index (χ0n) is 29.0. The van der Waals surface area contributed by atoms with Crippen molar-refractivity contribution in [1.29, 1.82) is 0 Å². The third-order valence-corrected chi connectivity index (χ3v) is 6.59. The average Bonchev–Trinajstić information content (AvgIpc) is 3.71. The Bertz CT molecular complexity index is 1880. The SMILES string of the molecule is Cc1ccccc1.Cc1ccnc(-c2cc3ccccc3o2)c1.Cc1ccnc(Br)c1.O=CO[O-].OB(O)c1cc2ccccc2o1.[Cs+].[Cs+].[H-]. The summed E-state index contributed by atoms with van der Waals surface area (Å²) in [6, 6.07) is 37.2. The number of fused-ring (bicyclic) bond motifs is 2. The van der Waals surface area contributed by atoms with Crippen LogP contribution in [0.1, 0.15) is 18.1 Å². The van der Waals surface area contributed by atoms with Gasteiger partial charge in [0, 0.05) is 23.2 Å². The van der Waals surface area contributed by atoms with Crippen molar-refractivity contribution >= 4 is 57.1 Å². The number of aromatic nitrogens is 2. The van der Waals surface area contributed by atoms with E-state index in [0.29, 0.717) is 5.58 Å². The summed E-state index contributed by atoms with van der Waals surface area (Å²) in [4.78, 5) is 19.5. The number of nitrogens with zero attached hydrogens (tertiary/aromatic N) is 2. The summed E-state index contributed by atoms with van der Waals surface area (Å²) in [6.07, 6.45) is 3.58. The largest absolute Gasteiger partial charge is 1.00 e. The minimum atomic E-state index is -1.53. The third kappa shape index (κ3) is 17.4. The number of hydrogen-bond donors (Lipinski definition) is 2. The molecule has 0 atom stereocenters. The summed E-state index contributed by atoms with van der Waals surface area (Å²) >= 11 is 3.25. The second-order valence-electron chi connectivity index (χ2n) is 9.93. The van der Waals surface area contributed by atoms with E-state index in [1.54, 1.807) is 24.5 Å². The summed E-state index contributed by atoms with van der Waals surface area (Å²) < 4.78 is 11.8. The maximum Gasteiger partial charge on any atom is 1.00 e. The molecule has 0 saturated carbocycles. The summed E-state index contributed by atoms with van der Waals surface area (Å²) in [6.45, 7) is 5.99. The first-order valence-electron chi connectivity index (χ1n) is 14.3. The van der Waals surface area contributed by atoms with E-state index in [1.807, 2.05) is 105 Å². The smallest absolute Gasteiger partial charge is 1.00 e. The predicted octanol–water partition coefficient (Wildman–Crippen LogP) is 0.619. The van der Waals surface area contributed by atoms with Crippen LogP contribution >= 0.6 is 15.9 Å². The van der Waals surface area contributed by atoms with E-state index in [9.17, 15) is 0 Å². The van der Waals surface area contributed by atoms with Gasteiger partial charge < -0.3 is 30.5 Å². The molecule has 13 heteroatoms. The monoisotopic (exact) mass is 962 g/mol. The Balaban J connectivity index is 0.000000632. The van der Waals surface area contributed by atoms with Crippen molar-refractivity contribution in [2.24, 2.45) is 0 Å². The van der Waals surface area contributed by atoms with E-state index in [1.165, 1.54) is 16.7 Å². The van der Waals surface area contributed by atoms with Gasteiger partial charge in [0.15, 0.2) is 5.76 Å². The molecule has 0 aliphatic carbocycles. The Kier molecular flexibility index (Phi) is 24.4. The molecule has 0 bridgehead atoms. The van der Waals surface area contributed by atoms with Gasteiger partial charge in [-0.3, -0.25) is 9.78 Å². The number of rotatable bonds is 3. The summed E-state index contributed by atoms with van der Waals surface area (Å²) in [5, 5.41) is 28.0. The molecule has 7 rings (SSSR count). The second-order valence-corrected chi connectivity index (χ2v) is 10.7. The molecular formula is C36H34BBrCs2N2O7. The van der Waals surface area contributed by atoms with Crippen molar-refractivity contribution in [1.82, 2.24) is 9.97 Å². The predicted molar refractivity (Wildman–Crippen MR) is 186 cm³/mol. The average molecular weight is 963 g/mol. The number of carbonyl (C=O) groups is 1. The molecule has 3 aromatic carbocycles. The summed E-state index contributed by atoms with van der Waals surface area (Å²) in [5.74, 6) is 0.824. The number of pyridine rings is 2. The Hall–Kier alpha value is -0.961. The van der Waals surface area contributed by atoms with Crippen LogP contribution in [0, 0.1) is 20.8 Å². The van der Waals surface area contributed by atoms with Crippen LogP contribution in [0.15, 0.2) is 141 Å². The topological polar surface area (TPSA) is 142 Å². The number of para-hydroxylation sites is 2. The number of furan rings is 2. The van der Waals surface area contributed by atoms with Crippen LogP contribution in [0.4, 0.5) is 0 Å². The van der Waals surface area contributed by atoms with Crippen LogP contribution in [0.3, 0.4) is 0 Å². The van der Waals surface area contributed by atoms with E-state index < -0.39 is 7.12 Å². The van der Waals surface area contributed by atoms with Crippen molar-refractivity contribution in [2.75, 3.05) is 0 Å². The van der Waals surface area contributed by atoms with Crippen LogP contribution in [0.5, 0.6) is 0 Å². The number of carbonyl (C=O) groups excluding carboxylic acids is 1. The zero-order chi connectivity index (χ0) is 34.0. The minimum absolute atomic E-state index is 0. The maximum absolute atomic E-state index is 8.79. The standard InChI is InChI=1S/C14H11NO.C8H7BO3.C7H8.C6H6BrN.CH2O3.2Cs.H/c1-10-6-7-15-12(8-10)14-9-11-4-2-3-5-13(11)16-14;10-9(11)8-5-6-3-1-2-4-7(6)12-8;1-7-5-3-2-4-6-7;1-5-2-3-8-6(7)4-5;2-1-4-3;;;/h2-9H,1H3;1-5,10-11H;2-6H,1H3;2-4H,1H3;1,3H;;;/q;;;;;2*+1;-1/p-1. The van der Waals surface area contributed by atoms with Crippen molar-refractivity contribution in [3.05, 3.63) is 149 Å². The van der Waals surface area contributed by atoms with E-state index in [2.05, 4.69) is 49.8 Å². The van der Waals surface area contributed by atoms with Crippen LogP contribution in [0.25, 0.3) is 33.4 Å². The molecule has 0 radical (unpaired) electrons. The molecule has 49 heavy (non-hydrogen) atoms. The zero-order valence-corrected chi connectivity index (χ0v) is 42.1. The fraction of sp³-hybridized carbons (Fsp3) is 0.0833. The summed E-state index contributed by atoms with van der Waals surface area (Å²) in [5.41, 5.74) is 6.37. The molecule has 4 aromatic heterocycles. The summed E-state index contributed by atoms with van der Waals surface area (Å²) in [7, 11) is -1.53. The van der Waals surface area contributed by atoms with E-state index in [0.717, 1.165) is 32.4 Å². The molecule has 2 N–H and O–H groups in total. The van der Waals surface area contributed by atoms with Gasteiger partial charge >= 0.3 is 145 Å². The van der Waals surface area contributed by atoms with Crippen LogP contribution in [-0.4, -0.2) is 33.6 Å². The van der Waals surface area contributed by atoms with Crippen molar-refractivity contribution < 1.29 is 173 Å². The molecule has 0 saturated heterocycles. The van der Waals surface area contributed by atoms with Crippen molar-refractivity contribution in [3.8, 4) is 11.5 Å². The normalized spacial score (nSPS) is 9.29. The van der Waals surface area contributed by atoms with Gasteiger partial charge in [-0.15, -0.1) is 0 Å². The fourth-order valence-corrected chi connectivity index (χ4v) is 4.42. The van der Waals surface area contributed by atoms with E-state index >= 15 is 0 Å². The first kappa shape index (κ1) is 46.1. The molecule has 4 heterocycles. The van der Waals surface area contributed by atoms with Crippen LogP contribution in [-0.2, 0) is 9.68 Å². The third-order valence-electron chi connectivity index (χ3n) is 6.15. The fourth-order valence-electron chi connectivity index (χ4n) is 3.94. The van der Waals surface area contributed by atoms with Gasteiger partial charge in [0.2, 0.25) is 0 Å². The van der Waals surface area contributed by atoms with Gasteiger partial charge in [-0.1, -0.05) is 72.3 Å². The van der Waals surface area contributed by atoms with Gasteiger partial charge in [0.05, 0.1) is 0 Å². The van der Waals surface area contributed by atoms with E-state index in [4.69, 9.17) is 28.9 Å². The molecule has 0 fully saturated rings.